The molecule has 0 fully saturated rings. The van der Waals surface area contributed by atoms with Crippen molar-refractivity contribution in [1.82, 2.24) is 4.57 Å². The molecule has 2 aromatic carbocycles. The first kappa shape index (κ1) is 12.5. The normalized spacial score (nSPS) is 10.8. The second-order valence-corrected chi connectivity index (χ2v) is 5.04. The number of amides is 1. The summed E-state index contributed by atoms with van der Waals surface area (Å²) >= 11 is 0. The Kier molecular flexibility index (Phi) is 3.03. The van der Waals surface area contributed by atoms with E-state index in [9.17, 15) is 4.79 Å². The Bertz CT molecular complexity index is 769. The Morgan fingerprint density at radius 1 is 1.10 bits per heavy atom. The van der Waals surface area contributed by atoms with Gasteiger partial charge >= 0.3 is 0 Å². The van der Waals surface area contributed by atoms with Gasteiger partial charge in [-0.05, 0) is 18.6 Å². The SMILES string of the molecule is Cc1ccc(Cn2cc(C(N)=O)c3ccccc32)cc1. The van der Waals surface area contributed by atoms with E-state index in [0.717, 1.165) is 17.4 Å². The maximum atomic E-state index is 11.5. The molecule has 1 amide bonds. The summed E-state index contributed by atoms with van der Waals surface area (Å²) in [7, 11) is 0. The van der Waals surface area contributed by atoms with E-state index < -0.39 is 0 Å². The number of carbonyl (C=O) groups excluding carboxylic acids is 1. The molecule has 1 aromatic heterocycles. The fraction of sp³-hybridized carbons (Fsp3) is 0.118. The fourth-order valence-electron chi connectivity index (χ4n) is 2.46. The van der Waals surface area contributed by atoms with E-state index in [0.29, 0.717) is 5.56 Å². The lowest BCUT2D eigenvalue weighted by atomic mass is 10.1. The molecule has 0 saturated carbocycles. The van der Waals surface area contributed by atoms with Crippen LogP contribution in [0.3, 0.4) is 0 Å². The highest BCUT2D eigenvalue weighted by molar-refractivity contribution is 6.06. The van der Waals surface area contributed by atoms with Crippen molar-refractivity contribution in [2.75, 3.05) is 0 Å². The summed E-state index contributed by atoms with van der Waals surface area (Å²) in [5, 5.41) is 0.909. The number of hydrogen-bond acceptors (Lipinski definition) is 1. The minimum absolute atomic E-state index is 0.385. The molecule has 0 radical (unpaired) electrons. The Morgan fingerprint density at radius 2 is 1.80 bits per heavy atom. The average molecular weight is 264 g/mol. The van der Waals surface area contributed by atoms with Gasteiger partial charge in [0.15, 0.2) is 0 Å². The number of fused-ring (bicyclic) bond motifs is 1. The largest absolute Gasteiger partial charge is 0.366 e. The molecule has 0 atom stereocenters. The minimum atomic E-state index is -0.385. The third-order valence-corrected chi connectivity index (χ3v) is 3.53. The van der Waals surface area contributed by atoms with Gasteiger partial charge in [-0.2, -0.15) is 0 Å². The molecule has 3 nitrogen and oxygen atoms in total. The quantitative estimate of drug-likeness (QED) is 0.776. The van der Waals surface area contributed by atoms with Gasteiger partial charge in [-0.3, -0.25) is 4.79 Å². The number of nitrogens with zero attached hydrogens (tertiary/aromatic N) is 1. The fourth-order valence-corrected chi connectivity index (χ4v) is 2.46. The molecule has 3 heteroatoms. The molecular weight excluding hydrogens is 248 g/mol. The number of primary amides is 1. The van der Waals surface area contributed by atoms with E-state index in [1.54, 1.807) is 0 Å². The van der Waals surface area contributed by atoms with Crippen molar-refractivity contribution < 1.29 is 4.79 Å². The molecule has 100 valence electrons. The van der Waals surface area contributed by atoms with Crippen molar-refractivity contribution in [2.24, 2.45) is 5.73 Å². The first-order chi connectivity index (χ1) is 9.65. The number of carbonyl (C=O) groups is 1. The molecule has 20 heavy (non-hydrogen) atoms. The van der Waals surface area contributed by atoms with E-state index in [4.69, 9.17) is 5.73 Å². The molecule has 0 bridgehead atoms. The zero-order valence-electron chi connectivity index (χ0n) is 11.3. The lowest BCUT2D eigenvalue weighted by Gasteiger charge is -2.05. The molecule has 3 rings (SSSR count). The first-order valence-corrected chi connectivity index (χ1v) is 6.58. The first-order valence-electron chi connectivity index (χ1n) is 6.58. The summed E-state index contributed by atoms with van der Waals surface area (Å²) in [5.74, 6) is -0.385. The van der Waals surface area contributed by atoms with Crippen LogP contribution in [-0.4, -0.2) is 10.5 Å². The van der Waals surface area contributed by atoms with Crippen LogP contribution in [0.15, 0.2) is 54.7 Å². The van der Waals surface area contributed by atoms with Crippen LogP contribution in [0, 0.1) is 6.92 Å². The lowest BCUT2D eigenvalue weighted by Crippen LogP contribution is -2.10. The summed E-state index contributed by atoms with van der Waals surface area (Å²) in [4.78, 5) is 11.5. The topological polar surface area (TPSA) is 48.0 Å². The third-order valence-electron chi connectivity index (χ3n) is 3.53. The summed E-state index contributed by atoms with van der Waals surface area (Å²) in [5.41, 5.74) is 9.50. The van der Waals surface area contributed by atoms with Crippen molar-refractivity contribution in [2.45, 2.75) is 13.5 Å². The zero-order chi connectivity index (χ0) is 14.1. The van der Waals surface area contributed by atoms with E-state index in [2.05, 4.69) is 35.8 Å². The highest BCUT2D eigenvalue weighted by atomic mass is 16.1. The Labute approximate surface area is 117 Å². The van der Waals surface area contributed by atoms with Gasteiger partial charge in [-0.15, -0.1) is 0 Å². The number of hydrogen-bond donors (Lipinski definition) is 1. The predicted molar refractivity (Wildman–Crippen MR) is 80.7 cm³/mol. The molecular formula is C17H16N2O. The van der Waals surface area contributed by atoms with Crippen molar-refractivity contribution in [3.63, 3.8) is 0 Å². The zero-order valence-corrected chi connectivity index (χ0v) is 11.3. The van der Waals surface area contributed by atoms with Crippen molar-refractivity contribution >= 4 is 16.8 Å². The molecule has 0 saturated heterocycles. The number of benzene rings is 2. The van der Waals surface area contributed by atoms with Crippen LogP contribution >= 0.6 is 0 Å². The second kappa shape index (κ2) is 4.85. The Hall–Kier alpha value is -2.55. The summed E-state index contributed by atoms with van der Waals surface area (Å²) < 4.78 is 2.07. The predicted octanol–water partition coefficient (Wildman–Crippen LogP) is 3.10. The number of aryl methyl sites for hydroxylation is 1. The maximum absolute atomic E-state index is 11.5. The smallest absolute Gasteiger partial charge is 0.250 e. The molecule has 1 heterocycles. The van der Waals surface area contributed by atoms with Crippen molar-refractivity contribution in [1.29, 1.82) is 0 Å². The van der Waals surface area contributed by atoms with Crippen molar-refractivity contribution in [3.05, 3.63) is 71.4 Å². The van der Waals surface area contributed by atoms with Crippen LogP contribution in [0.2, 0.25) is 0 Å². The number of aromatic nitrogens is 1. The molecule has 3 aromatic rings. The summed E-state index contributed by atoms with van der Waals surface area (Å²) in [6.07, 6.45) is 1.84. The number of nitrogens with two attached hydrogens (primary N) is 1. The molecule has 0 spiro atoms. The average Bonchev–Trinajstić information content (AvgIpc) is 2.81. The molecule has 2 N–H and O–H groups in total. The third kappa shape index (κ3) is 2.18. The van der Waals surface area contributed by atoms with E-state index in [1.807, 2.05) is 30.5 Å². The van der Waals surface area contributed by atoms with Crippen LogP contribution < -0.4 is 5.73 Å². The van der Waals surface area contributed by atoms with Gasteiger partial charge in [-0.25, -0.2) is 0 Å². The summed E-state index contributed by atoms with van der Waals surface area (Å²) in [6.45, 7) is 2.80. The van der Waals surface area contributed by atoms with E-state index >= 15 is 0 Å². The Balaban J connectivity index is 2.07. The van der Waals surface area contributed by atoms with Crippen LogP contribution in [0.1, 0.15) is 21.5 Å². The van der Waals surface area contributed by atoms with E-state index in [-0.39, 0.29) is 5.91 Å². The van der Waals surface area contributed by atoms with Gasteiger partial charge in [0.05, 0.1) is 5.56 Å². The van der Waals surface area contributed by atoms with Crippen molar-refractivity contribution in [3.8, 4) is 0 Å². The minimum Gasteiger partial charge on any atom is -0.366 e. The summed E-state index contributed by atoms with van der Waals surface area (Å²) in [6, 6.07) is 16.2. The van der Waals surface area contributed by atoms with Gasteiger partial charge in [0, 0.05) is 23.6 Å². The van der Waals surface area contributed by atoms with Crippen LogP contribution in [0.25, 0.3) is 10.9 Å². The standard InChI is InChI=1S/C17H16N2O/c1-12-6-8-13(9-7-12)10-19-11-15(17(18)20)14-4-2-3-5-16(14)19/h2-9,11H,10H2,1H3,(H2,18,20). The van der Waals surface area contributed by atoms with E-state index in [1.165, 1.54) is 11.1 Å². The lowest BCUT2D eigenvalue weighted by molar-refractivity contribution is 0.100. The monoisotopic (exact) mass is 264 g/mol. The van der Waals surface area contributed by atoms with Crippen LogP contribution in [0.4, 0.5) is 0 Å². The molecule has 0 aliphatic rings. The van der Waals surface area contributed by atoms with Crippen LogP contribution in [-0.2, 0) is 6.54 Å². The highest BCUT2D eigenvalue weighted by Gasteiger charge is 2.12. The Morgan fingerprint density at radius 3 is 2.50 bits per heavy atom. The molecule has 0 aliphatic heterocycles. The second-order valence-electron chi connectivity index (χ2n) is 5.04. The van der Waals surface area contributed by atoms with Gasteiger partial charge in [-0.1, -0.05) is 48.0 Å². The molecule has 0 unspecified atom stereocenters. The van der Waals surface area contributed by atoms with Gasteiger partial charge in [0.2, 0.25) is 0 Å². The molecule has 0 aliphatic carbocycles. The van der Waals surface area contributed by atoms with Gasteiger partial charge < -0.3 is 10.3 Å². The number of para-hydroxylation sites is 1. The highest BCUT2D eigenvalue weighted by Crippen LogP contribution is 2.22. The number of rotatable bonds is 3. The van der Waals surface area contributed by atoms with Crippen LogP contribution in [0.5, 0.6) is 0 Å². The van der Waals surface area contributed by atoms with Gasteiger partial charge in [0.25, 0.3) is 5.91 Å². The van der Waals surface area contributed by atoms with Gasteiger partial charge in [0.1, 0.15) is 0 Å². The maximum Gasteiger partial charge on any atom is 0.250 e.